The molecule has 0 aliphatic carbocycles. The van der Waals surface area contributed by atoms with Gasteiger partial charge >= 0.3 is 0 Å². The molecule has 0 bridgehead atoms. The van der Waals surface area contributed by atoms with Crippen molar-refractivity contribution in [1.82, 2.24) is 9.61 Å². The lowest BCUT2D eigenvalue weighted by molar-refractivity contribution is 0.866. The highest BCUT2D eigenvalue weighted by Crippen LogP contribution is 2.28. The highest BCUT2D eigenvalue weighted by Gasteiger charge is 2.13. The average Bonchev–Trinajstić information content (AvgIpc) is 2.55. The predicted molar refractivity (Wildman–Crippen MR) is 62.5 cm³/mol. The number of halogens is 1. The van der Waals surface area contributed by atoms with Crippen molar-refractivity contribution in [3.8, 4) is 0 Å². The maximum Gasteiger partial charge on any atom is 0.156 e. The van der Waals surface area contributed by atoms with Crippen molar-refractivity contribution in [1.29, 1.82) is 0 Å². The van der Waals surface area contributed by atoms with Crippen LogP contribution in [-0.2, 0) is 6.42 Å². The second-order valence-corrected chi connectivity index (χ2v) is 4.27. The van der Waals surface area contributed by atoms with E-state index in [1.165, 1.54) is 0 Å². The van der Waals surface area contributed by atoms with Gasteiger partial charge < -0.3 is 0 Å². The molecule has 0 radical (unpaired) electrons. The molecule has 0 unspecified atom stereocenters. The van der Waals surface area contributed by atoms with Crippen LogP contribution in [0.5, 0.6) is 0 Å². The number of hydrogen-bond donors (Lipinski definition) is 0. The minimum Gasteiger partial charge on any atom is -0.235 e. The Labute approximate surface area is 95.4 Å². The first-order valence-corrected chi connectivity index (χ1v) is 5.47. The van der Waals surface area contributed by atoms with Crippen LogP contribution < -0.4 is 0 Å². The largest absolute Gasteiger partial charge is 0.235 e. The number of pyridine rings is 1. The summed E-state index contributed by atoms with van der Waals surface area (Å²) in [5, 5.41) is 7.40. The molecule has 2 aromatic heterocycles. The third-order valence-electron chi connectivity index (χ3n) is 2.35. The fraction of sp³-hybridized carbons (Fsp3) is 0.300. The van der Waals surface area contributed by atoms with Crippen molar-refractivity contribution in [2.75, 3.05) is 0 Å². The van der Waals surface area contributed by atoms with Crippen LogP contribution in [-0.4, -0.2) is 9.61 Å². The van der Waals surface area contributed by atoms with Crippen molar-refractivity contribution in [3.63, 3.8) is 0 Å². The van der Waals surface area contributed by atoms with Gasteiger partial charge in [-0.3, -0.25) is 0 Å². The molecule has 0 amide bonds. The lowest BCUT2D eigenvalue weighted by Crippen LogP contribution is -1.93. The minimum atomic E-state index is 0.446. The first kappa shape index (κ1) is 10.3. The Morgan fingerprint density at radius 3 is 2.87 bits per heavy atom. The average molecular weight is 268 g/mol. The van der Waals surface area contributed by atoms with E-state index in [-0.39, 0.29) is 0 Å². The van der Waals surface area contributed by atoms with Gasteiger partial charge in [0.1, 0.15) is 0 Å². The first-order valence-electron chi connectivity index (χ1n) is 4.68. The zero-order valence-electron chi connectivity index (χ0n) is 8.49. The molecule has 0 N–H and O–H groups in total. The molecule has 0 aliphatic rings. The Morgan fingerprint density at radius 1 is 1.53 bits per heavy atom. The van der Waals surface area contributed by atoms with Crippen LogP contribution in [0.15, 0.2) is 21.8 Å². The summed E-state index contributed by atoms with van der Waals surface area (Å²) >= 11 is 3.39. The van der Waals surface area contributed by atoms with E-state index < -0.39 is 0 Å². The van der Waals surface area contributed by atoms with Gasteiger partial charge in [0, 0.05) is 10.2 Å². The van der Waals surface area contributed by atoms with Gasteiger partial charge in [-0.25, -0.2) is 4.52 Å². The Bertz CT molecular complexity index is 533. The molecule has 0 saturated carbocycles. The van der Waals surface area contributed by atoms with E-state index in [9.17, 15) is 4.91 Å². The van der Waals surface area contributed by atoms with Gasteiger partial charge in [-0.15, -0.1) is 4.91 Å². The lowest BCUT2D eigenvalue weighted by Gasteiger charge is -1.99. The van der Waals surface area contributed by atoms with Crippen LogP contribution in [0, 0.1) is 11.8 Å². The van der Waals surface area contributed by atoms with Crippen LogP contribution in [0.25, 0.3) is 5.52 Å². The van der Waals surface area contributed by atoms with Gasteiger partial charge in [-0.2, -0.15) is 5.10 Å². The highest BCUT2D eigenvalue weighted by molar-refractivity contribution is 9.10. The molecule has 78 valence electrons. The van der Waals surface area contributed by atoms with E-state index in [1.54, 1.807) is 4.52 Å². The number of nitroso groups, excluding NO2 is 1. The van der Waals surface area contributed by atoms with E-state index in [0.29, 0.717) is 12.1 Å². The van der Waals surface area contributed by atoms with Gasteiger partial charge in [0.2, 0.25) is 0 Å². The Morgan fingerprint density at radius 2 is 2.27 bits per heavy atom. The third kappa shape index (κ3) is 1.56. The summed E-state index contributed by atoms with van der Waals surface area (Å²) in [6.45, 7) is 3.90. The minimum absolute atomic E-state index is 0.446. The van der Waals surface area contributed by atoms with E-state index in [4.69, 9.17) is 0 Å². The monoisotopic (exact) mass is 267 g/mol. The van der Waals surface area contributed by atoms with Crippen molar-refractivity contribution >= 4 is 27.1 Å². The molecule has 0 spiro atoms. The molecular formula is C10H10BrN3O. The van der Waals surface area contributed by atoms with Crippen molar-refractivity contribution in [2.24, 2.45) is 5.18 Å². The Hall–Kier alpha value is -1.23. The summed E-state index contributed by atoms with van der Waals surface area (Å²) in [7, 11) is 0. The predicted octanol–water partition coefficient (Wildman–Crippen LogP) is 3.37. The molecule has 0 fully saturated rings. The second-order valence-electron chi connectivity index (χ2n) is 3.35. The van der Waals surface area contributed by atoms with Gasteiger partial charge in [0.25, 0.3) is 0 Å². The van der Waals surface area contributed by atoms with E-state index in [2.05, 4.69) is 26.2 Å². The van der Waals surface area contributed by atoms with E-state index in [0.717, 1.165) is 21.4 Å². The fourth-order valence-corrected chi connectivity index (χ4v) is 2.19. The van der Waals surface area contributed by atoms with Crippen LogP contribution in [0.2, 0.25) is 0 Å². The van der Waals surface area contributed by atoms with Crippen LogP contribution in [0.4, 0.5) is 5.69 Å². The smallest absolute Gasteiger partial charge is 0.156 e. The molecule has 5 heteroatoms. The summed E-state index contributed by atoms with van der Waals surface area (Å²) in [5.74, 6) is 0. The molecule has 4 nitrogen and oxygen atoms in total. The SMILES string of the molecule is CCc1nn2c(C)cc(Br)cc2c1N=O. The summed E-state index contributed by atoms with van der Waals surface area (Å²) in [6.07, 6.45) is 0.708. The second kappa shape index (κ2) is 3.73. The van der Waals surface area contributed by atoms with Gasteiger partial charge in [-0.05, 0) is 30.7 Å². The van der Waals surface area contributed by atoms with Crippen molar-refractivity contribution < 1.29 is 0 Å². The van der Waals surface area contributed by atoms with Crippen LogP contribution in [0.3, 0.4) is 0 Å². The zero-order chi connectivity index (χ0) is 11.0. The number of fused-ring (bicyclic) bond motifs is 1. The first-order chi connectivity index (χ1) is 7.17. The van der Waals surface area contributed by atoms with Gasteiger partial charge in [0.15, 0.2) is 5.69 Å². The lowest BCUT2D eigenvalue weighted by atomic mass is 10.2. The molecule has 2 rings (SSSR count). The normalized spacial score (nSPS) is 10.9. The fourth-order valence-electron chi connectivity index (χ4n) is 1.64. The number of aryl methyl sites for hydroxylation is 2. The molecule has 0 atom stereocenters. The van der Waals surface area contributed by atoms with Crippen LogP contribution in [0.1, 0.15) is 18.3 Å². The third-order valence-corrected chi connectivity index (χ3v) is 2.80. The van der Waals surface area contributed by atoms with Gasteiger partial charge in [-0.1, -0.05) is 22.9 Å². The molecule has 2 aromatic rings. The summed E-state index contributed by atoms with van der Waals surface area (Å²) in [5.41, 5.74) is 2.92. The van der Waals surface area contributed by atoms with E-state index >= 15 is 0 Å². The maximum atomic E-state index is 10.8. The molecule has 2 heterocycles. The topological polar surface area (TPSA) is 46.7 Å². The Kier molecular flexibility index (Phi) is 2.56. The van der Waals surface area contributed by atoms with Crippen molar-refractivity contribution in [2.45, 2.75) is 20.3 Å². The zero-order valence-corrected chi connectivity index (χ0v) is 10.1. The number of hydrogen-bond acceptors (Lipinski definition) is 3. The molecule has 15 heavy (non-hydrogen) atoms. The number of aromatic nitrogens is 2. The summed E-state index contributed by atoms with van der Waals surface area (Å²) in [6, 6.07) is 3.81. The molecule has 0 saturated heterocycles. The van der Waals surface area contributed by atoms with Crippen molar-refractivity contribution in [3.05, 3.63) is 32.9 Å². The van der Waals surface area contributed by atoms with E-state index in [1.807, 2.05) is 26.0 Å². The number of nitrogens with zero attached hydrogens (tertiary/aromatic N) is 3. The quantitative estimate of drug-likeness (QED) is 0.784. The maximum absolute atomic E-state index is 10.8. The summed E-state index contributed by atoms with van der Waals surface area (Å²) < 4.78 is 2.68. The molecule has 0 aliphatic heterocycles. The highest BCUT2D eigenvalue weighted by atomic mass is 79.9. The Balaban J connectivity index is 2.88. The van der Waals surface area contributed by atoms with Crippen LogP contribution >= 0.6 is 15.9 Å². The molecular weight excluding hydrogens is 258 g/mol. The number of rotatable bonds is 2. The standard InChI is InChI=1S/C10H10BrN3O/c1-3-8-10(13-15)9-5-7(11)4-6(2)14(9)12-8/h4-5H,3H2,1-2H3. The van der Waals surface area contributed by atoms with Gasteiger partial charge in [0.05, 0.1) is 11.2 Å². The summed E-state index contributed by atoms with van der Waals surface area (Å²) in [4.78, 5) is 10.8. The molecule has 0 aromatic carbocycles.